The molecule has 3 rings (SSSR count). The number of benzene rings is 2. The van der Waals surface area contributed by atoms with Crippen LogP contribution in [0.3, 0.4) is 0 Å². The fraction of sp³-hybridized carbons (Fsp3) is 0.409. The molecule has 4 heteroatoms. The Morgan fingerprint density at radius 2 is 2.00 bits per heavy atom. The molecule has 0 bridgehead atoms. The highest BCUT2D eigenvalue weighted by Crippen LogP contribution is 2.41. The molecular weight excluding hydrogens is 329 g/mol. The van der Waals surface area contributed by atoms with Crippen LogP contribution in [0.2, 0.25) is 0 Å². The van der Waals surface area contributed by atoms with Gasteiger partial charge < -0.3 is 4.74 Å². The summed E-state index contributed by atoms with van der Waals surface area (Å²) in [5.74, 6) is 0.220. The molecule has 0 heterocycles. The summed E-state index contributed by atoms with van der Waals surface area (Å²) in [6, 6.07) is 15.5. The first-order chi connectivity index (χ1) is 12.6. The zero-order valence-electron chi connectivity index (χ0n) is 15.5. The van der Waals surface area contributed by atoms with Crippen molar-refractivity contribution in [3.05, 3.63) is 71.0 Å². The largest absolute Gasteiger partial charge is 0.465 e. The van der Waals surface area contributed by atoms with Crippen molar-refractivity contribution in [2.75, 3.05) is 26.7 Å². The number of hydrogen-bond donors (Lipinski definition) is 0. The highest BCUT2D eigenvalue weighted by Gasteiger charge is 2.32. The molecule has 0 aromatic heterocycles. The quantitative estimate of drug-likeness (QED) is 0.733. The standard InChI is InChI=1S/C22H26FNO2/c1-3-26-21(25)15-24(2)14-18-10-9-17-13-19(23)11-12-20(17)22(18)16-7-5-4-6-8-16/h4-8,11-13,18,22H,3,9-10,14-15H2,1-2H3. The Morgan fingerprint density at radius 3 is 2.73 bits per heavy atom. The van der Waals surface area contributed by atoms with Crippen molar-refractivity contribution in [2.24, 2.45) is 5.92 Å². The van der Waals surface area contributed by atoms with E-state index in [-0.39, 0.29) is 17.7 Å². The Balaban J connectivity index is 1.85. The lowest BCUT2D eigenvalue weighted by Gasteiger charge is -2.36. The van der Waals surface area contributed by atoms with Crippen LogP contribution in [0.5, 0.6) is 0 Å². The summed E-state index contributed by atoms with van der Waals surface area (Å²) in [6.07, 6.45) is 1.84. The van der Waals surface area contributed by atoms with E-state index < -0.39 is 0 Å². The first-order valence-corrected chi connectivity index (χ1v) is 9.26. The normalized spacial score (nSPS) is 19.2. The Labute approximate surface area is 154 Å². The summed E-state index contributed by atoms with van der Waals surface area (Å²) in [5, 5.41) is 0. The highest BCUT2D eigenvalue weighted by atomic mass is 19.1. The molecule has 0 N–H and O–H groups in total. The van der Waals surface area contributed by atoms with E-state index in [9.17, 15) is 9.18 Å². The number of halogens is 1. The van der Waals surface area contributed by atoms with E-state index >= 15 is 0 Å². The third kappa shape index (κ3) is 4.31. The van der Waals surface area contributed by atoms with Crippen LogP contribution in [0.1, 0.15) is 36.0 Å². The predicted molar refractivity (Wildman–Crippen MR) is 101 cm³/mol. The molecule has 2 aromatic rings. The van der Waals surface area contributed by atoms with Gasteiger partial charge in [-0.15, -0.1) is 0 Å². The molecule has 0 spiro atoms. The molecule has 0 saturated heterocycles. The van der Waals surface area contributed by atoms with E-state index in [1.165, 1.54) is 11.1 Å². The van der Waals surface area contributed by atoms with Crippen LogP contribution in [0.4, 0.5) is 4.39 Å². The monoisotopic (exact) mass is 355 g/mol. The molecule has 1 aliphatic carbocycles. The molecule has 2 aromatic carbocycles. The second-order valence-electron chi connectivity index (χ2n) is 7.03. The Morgan fingerprint density at radius 1 is 1.23 bits per heavy atom. The lowest BCUT2D eigenvalue weighted by atomic mass is 9.71. The zero-order valence-corrected chi connectivity index (χ0v) is 15.5. The molecular formula is C22H26FNO2. The average Bonchev–Trinajstić information content (AvgIpc) is 2.62. The Hall–Kier alpha value is -2.20. The molecule has 0 aliphatic heterocycles. The van der Waals surface area contributed by atoms with E-state index in [0.29, 0.717) is 19.1 Å². The molecule has 2 unspecified atom stereocenters. The van der Waals surface area contributed by atoms with Crippen LogP contribution in [0.15, 0.2) is 48.5 Å². The van der Waals surface area contributed by atoms with Crippen LogP contribution in [0.25, 0.3) is 0 Å². The maximum atomic E-state index is 13.7. The summed E-state index contributed by atoms with van der Waals surface area (Å²) < 4.78 is 18.7. The molecule has 1 aliphatic rings. The molecule has 0 fully saturated rings. The minimum Gasteiger partial charge on any atom is -0.465 e. The third-order valence-electron chi connectivity index (χ3n) is 5.11. The lowest BCUT2D eigenvalue weighted by Crippen LogP contribution is -2.36. The number of esters is 1. The molecule has 0 radical (unpaired) electrons. The maximum absolute atomic E-state index is 13.7. The minimum atomic E-state index is -0.190. The molecule has 2 atom stereocenters. The van der Waals surface area contributed by atoms with Crippen LogP contribution >= 0.6 is 0 Å². The fourth-order valence-electron chi connectivity index (χ4n) is 4.06. The molecule has 0 saturated carbocycles. The number of ether oxygens (including phenoxy) is 1. The predicted octanol–water partition coefficient (Wildman–Crippen LogP) is 4.01. The summed E-state index contributed by atoms with van der Waals surface area (Å²) in [5.41, 5.74) is 3.55. The van der Waals surface area contributed by atoms with Gasteiger partial charge in [0.25, 0.3) is 0 Å². The van der Waals surface area contributed by atoms with Gasteiger partial charge in [-0.25, -0.2) is 4.39 Å². The van der Waals surface area contributed by atoms with E-state index in [0.717, 1.165) is 24.9 Å². The van der Waals surface area contributed by atoms with Crippen molar-refractivity contribution in [3.63, 3.8) is 0 Å². The average molecular weight is 355 g/mol. The third-order valence-corrected chi connectivity index (χ3v) is 5.11. The van der Waals surface area contributed by atoms with Crippen LogP contribution in [-0.4, -0.2) is 37.6 Å². The summed E-state index contributed by atoms with van der Waals surface area (Å²) in [4.78, 5) is 13.8. The molecule has 3 nitrogen and oxygen atoms in total. The van der Waals surface area contributed by atoms with Gasteiger partial charge >= 0.3 is 5.97 Å². The SMILES string of the molecule is CCOC(=O)CN(C)CC1CCc2cc(F)ccc2C1c1ccccc1. The van der Waals surface area contributed by atoms with Gasteiger partial charge in [-0.3, -0.25) is 9.69 Å². The number of aryl methyl sites for hydroxylation is 1. The van der Waals surface area contributed by atoms with Crippen molar-refractivity contribution in [1.82, 2.24) is 4.90 Å². The van der Waals surface area contributed by atoms with Crippen molar-refractivity contribution < 1.29 is 13.9 Å². The molecule has 138 valence electrons. The second-order valence-corrected chi connectivity index (χ2v) is 7.03. The van der Waals surface area contributed by atoms with Crippen LogP contribution < -0.4 is 0 Å². The van der Waals surface area contributed by atoms with Crippen molar-refractivity contribution in [1.29, 1.82) is 0 Å². The second kappa shape index (κ2) is 8.45. The van der Waals surface area contributed by atoms with Crippen LogP contribution in [0, 0.1) is 11.7 Å². The highest BCUT2D eigenvalue weighted by molar-refractivity contribution is 5.71. The van der Waals surface area contributed by atoms with E-state index in [1.807, 2.05) is 43.1 Å². The van der Waals surface area contributed by atoms with Gasteiger partial charge in [0, 0.05) is 12.5 Å². The number of carbonyl (C=O) groups is 1. The van der Waals surface area contributed by atoms with E-state index in [2.05, 4.69) is 12.1 Å². The number of likely N-dealkylation sites (N-methyl/N-ethyl adjacent to an activating group) is 1. The minimum absolute atomic E-state index is 0.173. The Kier molecular flexibility index (Phi) is 6.04. The van der Waals surface area contributed by atoms with Crippen molar-refractivity contribution >= 4 is 5.97 Å². The summed E-state index contributed by atoms with van der Waals surface area (Å²) >= 11 is 0. The molecule has 0 amide bonds. The fourth-order valence-corrected chi connectivity index (χ4v) is 4.06. The number of carbonyl (C=O) groups excluding carboxylic acids is 1. The van der Waals surface area contributed by atoms with Crippen LogP contribution in [-0.2, 0) is 16.0 Å². The van der Waals surface area contributed by atoms with Crippen molar-refractivity contribution in [2.45, 2.75) is 25.7 Å². The van der Waals surface area contributed by atoms with Gasteiger partial charge in [0.15, 0.2) is 0 Å². The first-order valence-electron chi connectivity index (χ1n) is 9.26. The number of fused-ring (bicyclic) bond motifs is 1. The topological polar surface area (TPSA) is 29.5 Å². The maximum Gasteiger partial charge on any atom is 0.320 e. The van der Waals surface area contributed by atoms with Gasteiger partial charge in [-0.05, 0) is 61.6 Å². The smallest absolute Gasteiger partial charge is 0.320 e. The Bertz CT molecular complexity index is 747. The summed E-state index contributed by atoms with van der Waals surface area (Å²) in [7, 11) is 1.96. The number of nitrogens with zero attached hydrogens (tertiary/aromatic N) is 1. The summed E-state index contributed by atoms with van der Waals surface area (Å²) in [6.45, 7) is 3.32. The lowest BCUT2D eigenvalue weighted by molar-refractivity contribution is -0.144. The van der Waals surface area contributed by atoms with Crippen molar-refractivity contribution in [3.8, 4) is 0 Å². The van der Waals surface area contributed by atoms with Gasteiger partial charge in [-0.2, -0.15) is 0 Å². The molecule has 26 heavy (non-hydrogen) atoms. The van der Waals surface area contributed by atoms with Gasteiger partial charge in [-0.1, -0.05) is 36.4 Å². The van der Waals surface area contributed by atoms with E-state index in [1.54, 1.807) is 12.1 Å². The van der Waals surface area contributed by atoms with Gasteiger partial charge in [0.2, 0.25) is 0 Å². The van der Waals surface area contributed by atoms with E-state index in [4.69, 9.17) is 4.74 Å². The van der Waals surface area contributed by atoms with Gasteiger partial charge in [0.05, 0.1) is 13.2 Å². The number of hydrogen-bond acceptors (Lipinski definition) is 3. The van der Waals surface area contributed by atoms with Gasteiger partial charge in [0.1, 0.15) is 5.82 Å². The zero-order chi connectivity index (χ0) is 18.5. The first kappa shape index (κ1) is 18.6. The number of rotatable bonds is 6.